The van der Waals surface area contributed by atoms with E-state index in [-0.39, 0.29) is 11.9 Å². The van der Waals surface area contributed by atoms with Crippen molar-refractivity contribution in [3.63, 3.8) is 0 Å². The molecule has 21 heavy (non-hydrogen) atoms. The van der Waals surface area contributed by atoms with Crippen LogP contribution in [0.5, 0.6) is 5.88 Å². The van der Waals surface area contributed by atoms with Gasteiger partial charge in [-0.3, -0.25) is 0 Å². The molecule has 112 valence electrons. The molecule has 0 bridgehead atoms. The van der Waals surface area contributed by atoms with Gasteiger partial charge >= 0.3 is 0 Å². The number of pyridine rings is 1. The zero-order chi connectivity index (χ0) is 15.1. The van der Waals surface area contributed by atoms with Gasteiger partial charge in [0.15, 0.2) is 0 Å². The van der Waals surface area contributed by atoms with E-state index in [1.54, 1.807) is 19.4 Å². The quantitative estimate of drug-likeness (QED) is 0.846. The molecule has 4 heteroatoms. The lowest BCUT2D eigenvalue weighted by atomic mass is 9.99. The standard InChI is InChI=1S/C17H21FN2O/c1-3-10-19-16(14-6-4-5-7-15(14)18)11-13-8-9-17(21-2)20-12-13/h4-9,12,16,19H,3,10-11H2,1-2H3. The van der Waals surface area contributed by atoms with Crippen LogP contribution in [-0.4, -0.2) is 18.6 Å². The molecule has 0 radical (unpaired) electrons. The molecule has 1 heterocycles. The second kappa shape index (κ2) is 7.74. The number of ether oxygens (including phenoxy) is 1. The van der Waals surface area contributed by atoms with Crippen LogP contribution >= 0.6 is 0 Å². The van der Waals surface area contributed by atoms with E-state index in [1.807, 2.05) is 24.3 Å². The normalized spacial score (nSPS) is 12.1. The summed E-state index contributed by atoms with van der Waals surface area (Å²) in [5.74, 6) is 0.412. The SMILES string of the molecule is CCCNC(Cc1ccc(OC)nc1)c1ccccc1F. The predicted molar refractivity (Wildman–Crippen MR) is 81.9 cm³/mol. The Hall–Kier alpha value is -1.94. The van der Waals surface area contributed by atoms with Gasteiger partial charge in [0.2, 0.25) is 5.88 Å². The smallest absolute Gasteiger partial charge is 0.212 e. The van der Waals surface area contributed by atoms with Gasteiger partial charge in [0.25, 0.3) is 0 Å². The fraction of sp³-hybridized carbons (Fsp3) is 0.353. The van der Waals surface area contributed by atoms with E-state index in [2.05, 4.69) is 17.2 Å². The second-order valence-corrected chi connectivity index (χ2v) is 4.94. The Balaban J connectivity index is 2.17. The number of hydrogen-bond acceptors (Lipinski definition) is 3. The molecule has 0 spiro atoms. The minimum absolute atomic E-state index is 0.0543. The van der Waals surface area contributed by atoms with Gasteiger partial charge in [0, 0.05) is 23.9 Å². The van der Waals surface area contributed by atoms with Gasteiger partial charge in [-0.15, -0.1) is 0 Å². The van der Waals surface area contributed by atoms with Crippen LogP contribution in [0.3, 0.4) is 0 Å². The maximum absolute atomic E-state index is 14.0. The largest absolute Gasteiger partial charge is 0.481 e. The van der Waals surface area contributed by atoms with E-state index in [4.69, 9.17) is 4.74 Å². The molecular weight excluding hydrogens is 267 g/mol. The van der Waals surface area contributed by atoms with Gasteiger partial charge in [-0.1, -0.05) is 31.2 Å². The fourth-order valence-electron chi connectivity index (χ4n) is 2.26. The van der Waals surface area contributed by atoms with Crippen LogP contribution in [0, 0.1) is 5.82 Å². The molecule has 1 aromatic heterocycles. The predicted octanol–water partition coefficient (Wildman–Crippen LogP) is 3.51. The Bertz CT molecular complexity index is 557. The van der Waals surface area contributed by atoms with Crippen molar-refractivity contribution in [3.8, 4) is 5.88 Å². The van der Waals surface area contributed by atoms with Crippen molar-refractivity contribution in [1.29, 1.82) is 0 Å². The van der Waals surface area contributed by atoms with Crippen molar-refractivity contribution in [3.05, 3.63) is 59.5 Å². The molecule has 0 saturated heterocycles. The van der Waals surface area contributed by atoms with E-state index in [0.29, 0.717) is 17.9 Å². The summed E-state index contributed by atoms with van der Waals surface area (Å²) in [6.07, 6.45) is 3.48. The zero-order valence-corrected chi connectivity index (χ0v) is 12.5. The van der Waals surface area contributed by atoms with Crippen LogP contribution in [0.25, 0.3) is 0 Å². The van der Waals surface area contributed by atoms with Crippen molar-refractivity contribution >= 4 is 0 Å². The molecule has 0 aliphatic heterocycles. The van der Waals surface area contributed by atoms with Gasteiger partial charge in [-0.05, 0) is 31.0 Å². The topological polar surface area (TPSA) is 34.1 Å². The van der Waals surface area contributed by atoms with E-state index < -0.39 is 0 Å². The van der Waals surface area contributed by atoms with E-state index in [1.165, 1.54) is 6.07 Å². The molecule has 0 fully saturated rings. The van der Waals surface area contributed by atoms with Crippen LogP contribution in [0.1, 0.15) is 30.5 Å². The Morgan fingerprint density at radius 2 is 2.05 bits per heavy atom. The van der Waals surface area contributed by atoms with Gasteiger partial charge in [-0.2, -0.15) is 0 Å². The molecule has 0 saturated carbocycles. The average molecular weight is 288 g/mol. The summed E-state index contributed by atoms with van der Waals surface area (Å²) in [7, 11) is 1.59. The van der Waals surface area contributed by atoms with Crippen molar-refractivity contribution in [2.45, 2.75) is 25.8 Å². The molecular formula is C17H21FN2O. The summed E-state index contributed by atoms with van der Waals surface area (Å²) in [4.78, 5) is 4.20. The van der Waals surface area contributed by atoms with E-state index in [0.717, 1.165) is 18.5 Å². The summed E-state index contributed by atoms with van der Waals surface area (Å²) < 4.78 is 19.1. The molecule has 0 amide bonds. The summed E-state index contributed by atoms with van der Waals surface area (Å²) in [5.41, 5.74) is 1.74. The molecule has 0 aliphatic carbocycles. The van der Waals surface area contributed by atoms with Crippen LogP contribution in [0.2, 0.25) is 0 Å². The van der Waals surface area contributed by atoms with Crippen LogP contribution in [0.15, 0.2) is 42.6 Å². The highest BCUT2D eigenvalue weighted by molar-refractivity contribution is 5.25. The van der Waals surface area contributed by atoms with Crippen LogP contribution in [-0.2, 0) is 6.42 Å². The lowest BCUT2D eigenvalue weighted by Gasteiger charge is -2.19. The maximum atomic E-state index is 14.0. The summed E-state index contributed by atoms with van der Waals surface area (Å²) in [6.45, 7) is 2.95. The first-order chi connectivity index (χ1) is 10.2. The molecule has 1 unspecified atom stereocenters. The maximum Gasteiger partial charge on any atom is 0.212 e. The first-order valence-electron chi connectivity index (χ1n) is 7.21. The first kappa shape index (κ1) is 15.4. The fourth-order valence-corrected chi connectivity index (χ4v) is 2.26. The summed E-state index contributed by atoms with van der Waals surface area (Å²) in [6, 6.07) is 10.7. The van der Waals surface area contributed by atoms with Crippen molar-refractivity contribution in [2.24, 2.45) is 0 Å². The molecule has 0 aliphatic rings. The van der Waals surface area contributed by atoms with E-state index in [9.17, 15) is 4.39 Å². The Labute approximate surface area is 125 Å². The highest BCUT2D eigenvalue weighted by atomic mass is 19.1. The number of methoxy groups -OCH3 is 1. The number of benzene rings is 1. The number of nitrogens with zero attached hydrogens (tertiary/aromatic N) is 1. The molecule has 1 N–H and O–H groups in total. The highest BCUT2D eigenvalue weighted by Crippen LogP contribution is 2.21. The molecule has 3 nitrogen and oxygen atoms in total. The lowest BCUT2D eigenvalue weighted by molar-refractivity contribution is 0.397. The third kappa shape index (κ3) is 4.26. The van der Waals surface area contributed by atoms with Crippen LogP contribution < -0.4 is 10.1 Å². The molecule has 1 atom stereocenters. The van der Waals surface area contributed by atoms with E-state index >= 15 is 0 Å². The molecule has 2 aromatic rings. The van der Waals surface area contributed by atoms with Crippen molar-refractivity contribution in [2.75, 3.05) is 13.7 Å². The van der Waals surface area contributed by atoms with Gasteiger partial charge in [-0.25, -0.2) is 9.37 Å². The minimum atomic E-state index is -0.174. The monoisotopic (exact) mass is 288 g/mol. The van der Waals surface area contributed by atoms with Gasteiger partial charge in [0.05, 0.1) is 7.11 Å². The Morgan fingerprint density at radius 3 is 2.67 bits per heavy atom. The summed E-state index contributed by atoms with van der Waals surface area (Å²) >= 11 is 0. The number of aromatic nitrogens is 1. The second-order valence-electron chi connectivity index (χ2n) is 4.94. The number of halogens is 1. The first-order valence-corrected chi connectivity index (χ1v) is 7.21. The average Bonchev–Trinajstić information content (AvgIpc) is 2.53. The number of hydrogen-bond donors (Lipinski definition) is 1. The molecule has 2 rings (SSSR count). The summed E-state index contributed by atoms with van der Waals surface area (Å²) in [5, 5.41) is 3.40. The zero-order valence-electron chi connectivity index (χ0n) is 12.5. The van der Waals surface area contributed by atoms with Crippen molar-refractivity contribution < 1.29 is 9.13 Å². The third-order valence-electron chi connectivity index (χ3n) is 3.37. The number of rotatable bonds is 7. The van der Waals surface area contributed by atoms with Crippen LogP contribution in [0.4, 0.5) is 4.39 Å². The van der Waals surface area contributed by atoms with Crippen molar-refractivity contribution in [1.82, 2.24) is 10.3 Å². The highest BCUT2D eigenvalue weighted by Gasteiger charge is 2.15. The number of nitrogens with one attached hydrogen (secondary N) is 1. The Morgan fingerprint density at radius 1 is 1.24 bits per heavy atom. The van der Waals surface area contributed by atoms with Gasteiger partial charge < -0.3 is 10.1 Å². The lowest BCUT2D eigenvalue weighted by Crippen LogP contribution is -2.25. The van der Waals surface area contributed by atoms with Gasteiger partial charge in [0.1, 0.15) is 5.82 Å². The third-order valence-corrected chi connectivity index (χ3v) is 3.37. The Kier molecular flexibility index (Phi) is 5.69. The molecule has 1 aromatic carbocycles. The minimum Gasteiger partial charge on any atom is -0.481 e.